The van der Waals surface area contributed by atoms with Gasteiger partial charge in [-0.05, 0) is 51.1 Å². The third-order valence-electron chi connectivity index (χ3n) is 5.40. The van der Waals surface area contributed by atoms with Gasteiger partial charge in [-0.2, -0.15) is 0 Å². The molecule has 0 bridgehead atoms. The lowest BCUT2D eigenvalue weighted by atomic mass is 9.75. The third-order valence-corrected chi connectivity index (χ3v) is 5.40. The first-order valence-corrected chi connectivity index (χ1v) is 8.19. The molecule has 3 nitrogen and oxygen atoms in total. The highest BCUT2D eigenvalue weighted by atomic mass is 16.2. The quantitative estimate of drug-likeness (QED) is 0.771. The first-order chi connectivity index (χ1) is 9.18. The van der Waals surface area contributed by atoms with Crippen molar-refractivity contribution >= 4 is 5.91 Å². The Bertz CT molecular complexity index is 297. The molecule has 2 unspecified atom stereocenters. The highest BCUT2D eigenvalue weighted by Crippen LogP contribution is 2.33. The molecule has 110 valence electrons. The Kier molecular flexibility index (Phi) is 5.26. The van der Waals surface area contributed by atoms with Crippen LogP contribution in [-0.4, -0.2) is 25.0 Å². The molecule has 1 saturated carbocycles. The van der Waals surface area contributed by atoms with E-state index in [1.165, 1.54) is 32.1 Å². The molecule has 1 amide bonds. The van der Waals surface area contributed by atoms with E-state index in [1.807, 2.05) is 0 Å². The smallest absolute Gasteiger partial charge is 0.226 e. The average molecular weight is 266 g/mol. The van der Waals surface area contributed by atoms with E-state index < -0.39 is 0 Å². The largest absolute Gasteiger partial charge is 0.353 e. The zero-order valence-corrected chi connectivity index (χ0v) is 12.6. The van der Waals surface area contributed by atoms with Gasteiger partial charge in [0.1, 0.15) is 0 Å². The fraction of sp³-hybridized carbons (Fsp3) is 0.938. The number of piperidine rings is 1. The molecule has 0 aromatic heterocycles. The van der Waals surface area contributed by atoms with Crippen molar-refractivity contribution < 1.29 is 4.79 Å². The van der Waals surface area contributed by atoms with E-state index in [0.29, 0.717) is 17.9 Å². The zero-order chi connectivity index (χ0) is 13.7. The van der Waals surface area contributed by atoms with Gasteiger partial charge in [0.2, 0.25) is 5.91 Å². The van der Waals surface area contributed by atoms with Crippen LogP contribution in [0, 0.1) is 11.3 Å². The molecular weight excluding hydrogens is 236 g/mol. The summed E-state index contributed by atoms with van der Waals surface area (Å²) in [6, 6.07) is 0.410. The van der Waals surface area contributed by atoms with Gasteiger partial charge < -0.3 is 10.6 Å². The Morgan fingerprint density at radius 2 is 1.89 bits per heavy atom. The lowest BCUT2D eigenvalue weighted by Crippen LogP contribution is -2.51. The van der Waals surface area contributed by atoms with Gasteiger partial charge in [-0.25, -0.2) is 0 Å². The Hall–Kier alpha value is -0.570. The summed E-state index contributed by atoms with van der Waals surface area (Å²) in [5, 5.41) is 6.77. The minimum absolute atomic E-state index is 0.0999. The number of nitrogens with one attached hydrogen (secondary N) is 2. The van der Waals surface area contributed by atoms with Crippen LogP contribution in [0.5, 0.6) is 0 Å². The van der Waals surface area contributed by atoms with E-state index in [1.54, 1.807) is 0 Å². The highest BCUT2D eigenvalue weighted by molar-refractivity contribution is 5.83. The summed E-state index contributed by atoms with van der Waals surface area (Å²) in [7, 11) is 0. The van der Waals surface area contributed by atoms with Crippen molar-refractivity contribution in [1.82, 2.24) is 10.6 Å². The molecule has 0 radical (unpaired) electrons. The fourth-order valence-corrected chi connectivity index (χ4v) is 3.68. The van der Waals surface area contributed by atoms with Crippen molar-refractivity contribution in [2.24, 2.45) is 11.3 Å². The van der Waals surface area contributed by atoms with Gasteiger partial charge in [-0.3, -0.25) is 4.79 Å². The molecule has 1 saturated heterocycles. The van der Waals surface area contributed by atoms with Crippen LogP contribution >= 0.6 is 0 Å². The summed E-state index contributed by atoms with van der Waals surface area (Å²) in [5.74, 6) is 0.970. The van der Waals surface area contributed by atoms with Crippen LogP contribution in [0.1, 0.15) is 65.2 Å². The number of rotatable bonds is 3. The van der Waals surface area contributed by atoms with E-state index in [0.717, 1.165) is 32.4 Å². The summed E-state index contributed by atoms with van der Waals surface area (Å²) >= 11 is 0. The van der Waals surface area contributed by atoms with Gasteiger partial charge in [0.15, 0.2) is 0 Å². The molecule has 0 aromatic rings. The molecule has 3 heteroatoms. The second kappa shape index (κ2) is 6.74. The Balaban J connectivity index is 1.97. The second-order valence-electron chi connectivity index (χ2n) is 6.58. The van der Waals surface area contributed by atoms with Crippen molar-refractivity contribution in [3.63, 3.8) is 0 Å². The molecule has 1 aliphatic carbocycles. The summed E-state index contributed by atoms with van der Waals surface area (Å²) in [6.45, 7) is 6.45. The number of hydrogen-bond donors (Lipinski definition) is 2. The van der Waals surface area contributed by atoms with Gasteiger partial charge in [-0.15, -0.1) is 0 Å². The van der Waals surface area contributed by atoms with Crippen LogP contribution in [0.2, 0.25) is 0 Å². The van der Waals surface area contributed by atoms with E-state index in [9.17, 15) is 4.79 Å². The summed E-state index contributed by atoms with van der Waals surface area (Å²) in [5.41, 5.74) is -0.0999. The van der Waals surface area contributed by atoms with Crippen LogP contribution in [0.3, 0.4) is 0 Å². The zero-order valence-electron chi connectivity index (χ0n) is 12.6. The average Bonchev–Trinajstić information content (AvgIpc) is 2.65. The Labute approximate surface area is 117 Å². The molecule has 2 atom stereocenters. The molecule has 2 fully saturated rings. The molecule has 2 rings (SSSR count). The summed E-state index contributed by atoms with van der Waals surface area (Å²) in [6.07, 6.45) is 9.34. The molecule has 1 heterocycles. The molecular formula is C16H30N2O. The predicted octanol–water partition coefficient (Wildman–Crippen LogP) is 2.85. The van der Waals surface area contributed by atoms with Crippen LogP contribution < -0.4 is 10.6 Å². The maximum absolute atomic E-state index is 12.7. The molecule has 1 aliphatic heterocycles. The van der Waals surface area contributed by atoms with Crippen LogP contribution in [-0.2, 0) is 4.79 Å². The van der Waals surface area contributed by atoms with Crippen molar-refractivity contribution in [3.8, 4) is 0 Å². The summed E-state index contributed by atoms with van der Waals surface area (Å²) in [4.78, 5) is 12.7. The number of hydrogen-bond acceptors (Lipinski definition) is 2. The van der Waals surface area contributed by atoms with Crippen LogP contribution in [0.25, 0.3) is 0 Å². The monoisotopic (exact) mass is 266 g/mol. The number of carbonyl (C=O) groups excluding carboxylic acids is 1. The Morgan fingerprint density at radius 3 is 2.58 bits per heavy atom. The van der Waals surface area contributed by atoms with Crippen molar-refractivity contribution in [1.29, 1.82) is 0 Å². The van der Waals surface area contributed by atoms with Crippen molar-refractivity contribution in [3.05, 3.63) is 0 Å². The number of carbonyl (C=O) groups is 1. The summed E-state index contributed by atoms with van der Waals surface area (Å²) < 4.78 is 0. The molecule has 2 N–H and O–H groups in total. The lowest BCUT2D eigenvalue weighted by Gasteiger charge is -2.37. The molecule has 2 aliphatic rings. The molecule has 19 heavy (non-hydrogen) atoms. The third kappa shape index (κ3) is 3.50. The fourth-order valence-electron chi connectivity index (χ4n) is 3.68. The molecule has 0 spiro atoms. The van der Waals surface area contributed by atoms with Gasteiger partial charge >= 0.3 is 0 Å². The standard InChI is InChI=1S/C16H30N2O/c1-3-16(9-11-17-12-10-16)15(19)18-14-8-6-4-5-7-13(14)2/h13-14,17H,3-12H2,1-2H3,(H,18,19). The van der Waals surface area contributed by atoms with Gasteiger partial charge in [0, 0.05) is 6.04 Å². The minimum atomic E-state index is -0.0999. The van der Waals surface area contributed by atoms with Gasteiger partial charge in [0.05, 0.1) is 5.41 Å². The minimum Gasteiger partial charge on any atom is -0.353 e. The normalized spacial score (nSPS) is 31.5. The topological polar surface area (TPSA) is 41.1 Å². The van der Waals surface area contributed by atoms with Crippen molar-refractivity contribution in [2.75, 3.05) is 13.1 Å². The van der Waals surface area contributed by atoms with E-state index in [4.69, 9.17) is 0 Å². The number of amides is 1. The Morgan fingerprint density at radius 1 is 1.21 bits per heavy atom. The van der Waals surface area contributed by atoms with E-state index in [-0.39, 0.29) is 5.41 Å². The predicted molar refractivity (Wildman–Crippen MR) is 79.0 cm³/mol. The highest BCUT2D eigenvalue weighted by Gasteiger charge is 2.39. The van der Waals surface area contributed by atoms with Gasteiger partial charge in [-0.1, -0.05) is 33.1 Å². The lowest BCUT2D eigenvalue weighted by molar-refractivity contribution is -0.134. The van der Waals surface area contributed by atoms with Crippen LogP contribution in [0.4, 0.5) is 0 Å². The van der Waals surface area contributed by atoms with Gasteiger partial charge in [0.25, 0.3) is 0 Å². The first kappa shape index (κ1) is 14.8. The first-order valence-electron chi connectivity index (χ1n) is 8.19. The maximum Gasteiger partial charge on any atom is 0.226 e. The SMILES string of the molecule is CCC1(C(=O)NC2CCCCCC2C)CCNCC1. The maximum atomic E-state index is 12.7. The molecule has 0 aromatic carbocycles. The van der Waals surface area contributed by atoms with E-state index >= 15 is 0 Å². The van der Waals surface area contributed by atoms with Crippen LogP contribution in [0.15, 0.2) is 0 Å². The van der Waals surface area contributed by atoms with Crippen molar-refractivity contribution in [2.45, 2.75) is 71.3 Å². The van der Waals surface area contributed by atoms with E-state index in [2.05, 4.69) is 24.5 Å². The second-order valence-corrected chi connectivity index (χ2v) is 6.58.